The maximum absolute atomic E-state index is 12.3. The second-order valence-corrected chi connectivity index (χ2v) is 11.8. The lowest BCUT2D eigenvalue weighted by Crippen LogP contribution is -2.23. The van der Waals surface area contributed by atoms with E-state index < -0.39 is 19.8 Å². The molecule has 5 aromatic rings. The summed E-state index contributed by atoms with van der Waals surface area (Å²) in [6, 6.07) is 46.4. The normalized spacial score (nSPS) is 11.8. The number of carboxylic acids is 1. The van der Waals surface area contributed by atoms with Crippen LogP contribution in [-0.4, -0.2) is 11.1 Å². The predicted octanol–water partition coefficient (Wildman–Crippen LogP) is 6.91. The summed E-state index contributed by atoms with van der Waals surface area (Å²) in [6.07, 6.45) is 0.980. The van der Waals surface area contributed by atoms with E-state index in [-0.39, 0.29) is 0 Å². The quantitative estimate of drug-likeness (QED) is 0.217. The second kappa shape index (κ2) is 12.0. The van der Waals surface area contributed by atoms with Crippen LogP contribution in [0, 0.1) is 12.8 Å². The van der Waals surface area contributed by atoms with Crippen molar-refractivity contribution >= 4 is 29.8 Å². The predicted molar refractivity (Wildman–Crippen MR) is 160 cm³/mol. The number of carbonyl (C=O) groups is 1. The highest BCUT2D eigenvalue weighted by Crippen LogP contribution is 2.38. The average Bonchev–Trinajstić information content (AvgIpc) is 2.95. The molecule has 1 N–H and O–H groups in total. The monoisotopic (exact) mass is 514 g/mol. The van der Waals surface area contributed by atoms with E-state index in [0.717, 1.165) is 16.7 Å². The van der Waals surface area contributed by atoms with Crippen molar-refractivity contribution in [1.29, 1.82) is 0 Å². The molecular weight excluding hydrogens is 483 g/mol. The molecule has 0 aliphatic rings. The Kier molecular flexibility index (Phi) is 8.12. The Morgan fingerprint density at radius 2 is 1.21 bits per heavy atom. The van der Waals surface area contributed by atoms with Gasteiger partial charge in [-0.3, -0.25) is 4.79 Å². The van der Waals surface area contributed by atoms with E-state index >= 15 is 0 Å². The zero-order valence-corrected chi connectivity index (χ0v) is 22.4. The minimum absolute atomic E-state index is 0.475. The van der Waals surface area contributed by atoms with E-state index in [9.17, 15) is 9.90 Å². The molecule has 2 nitrogen and oxygen atoms in total. The number of hydrogen-bond donors (Lipinski definition) is 1. The molecule has 1 atom stereocenters. The minimum Gasteiger partial charge on any atom is -0.481 e. The molecule has 38 heavy (non-hydrogen) atoms. The lowest BCUT2D eigenvalue weighted by Gasteiger charge is -2.24. The van der Waals surface area contributed by atoms with Gasteiger partial charge in [-0.1, -0.05) is 139 Å². The Balaban J connectivity index is 1.61. The summed E-state index contributed by atoms with van der Waals surface area (Å²) in [6.45, 7) is 2.14. The topological polar surface area (TPSA) is 37.3 Å². The van der Waals surface area contributed by atoms with Crippen molar-refractivity contribution < 1.29 is 9.90 Å². The van der Waals surface area contributed by atoms with E-state index in [1.165, 1.54) is 27.0 Å². The second-order valence-electron chi connectivity index (χ2n) is 9.61. The summed E-state index contributed by atoms with van der Waals surface area (Å²) in [7, 11) is -0.808. The van der Waals surface area contributed by atoms with E-state index in [1.807, 2.05) is 36.4 Å². The van der Waals surface area contributed by atoms with E-state index in [2.05, 4.69) is 104 Å². The van der Waals surface area contributed by atoms with Gasteiger partial charge in [0.15, 0.2) is 0 Å². The standard InChI is InChI=1S/C35H31O2P/c1-26-21-22-33(34(23-26)38(30-16-7-3-8-17-30)31-18-9-4-10-19-31)32-20-12-11-15-28(32)25-29(35(36)37)24-27-13-5-2-6-14-27/h2-23,29H,24-25H2,1H3,(H,36,37). The van der Waals surface area contributed by atoms with Crippen molar-refractivity contribution in [3.63, 3.8) is 0 Å². The van der Waals surface area contributed by atoms with Crippen molar-refractivity contribution in [2.45, 2.75) is 19.8 Å². The minimum atomic E-state index is -0.808. The fourth-order valence-electron chi connectivity index (χ4n) is 5.01. The average molecular weight is 515 g/mol. The molecule has 5 aromatic carbocycles. The summed E-state index contributed by atoms with van der Waals surface area (Å²) in [5.74, 6) is -1.26. The molecule has 0 saturated carbocycles. The van der Waals surface area contributed by atoms with Crippen LogP contribution in [0.25, 0.3) is 11.1 Å². The summed E-state index contributed by atoms with van der Waals surface area (Å²) in [5, 5.41) is 14.0. The number of aryl methyl sites for hydroxylation is 1. The fraction of sp³-hybridized carbons (Fsp3) is 0.114. The zero-order valence-electron chi connectivity index (χ0n) is 21.5. The first kappa shape index (κ1) is 25.6. The highest BCUT2D eigenvalue weighted by atomic mass is 31.1. The molecule has 0 bridgehead atoms. The molecule has 188 valence electrons. The molecule has 3 heteroatoms. The van der Waals surface area contributed by atoms with Gasteiger partial charge in [0.05, 0.1) is 5.92 Å². The van der Waals surface area contributed by atoms with E-state index in [0.29, 0.717) is 12.8 Å². The van der Waals surface area contributed by atoms with Crippen molar-refractivity contribution in [2.75, 3.05) is 0 Å². The molecule has 0 radical (unpaired) electrons. The van der Waals surface area contributed by atoms with Gasteiger partial charge in [0.25, 0.3) is 0 Å². The van der Waals surface area contributed by atoms with Gasteiger partial charge < -0.3 is 5.11 Å². The number of hydrogen-bond acceptors (Lipinski definition) is 1. The Bertz CT molecular complexity index is 1460. The summed E-state index contributed by atoms with van der Waals surface area (Å²) in [4.78, 5) is 12.3. The van der Waals surface area contributed by atoms with Crippen LogP contribution in [0.2, 0.25) is 0 Å². The van der Waals surface area contributed by atoms with Gasteiger partial charge >= 0.3 is 5.97 Å². The molecule has 0 fully saturated rings. The first-order chi connectivity index (χ1) is 18.6. The summed E-state index contributed by atoms with van der Waals surface area (Å²) < 4.78 is 0. The smallest absolute Gasteiger partial charge is 0.307 e. The molecule has 0 spiro atoms. The summed E-state index contributed by atoms with van der Waals surface area (Å²) in [5.41, 5.74) is 5.62. The van der Waals surface area contributed by atoms with Crippen LogP contribution in [-0.2, 0) is 17.6 Å². The van der Waals surface area contributed by atoms with E-state index in [4.69, 9.17) is 0 Å². The first-order valence-electron chi connectivity index (χ1n) is 13.0. The van der Waals surface area contributed by atoms with Crippen LogP contribution in [0.3, 0.4) is 0 Å². The molecule has 0 aromatic heterocycles. The van der Waals surface area contributed by atoms with Gasteiger partial charge in [-0.05, 0) is 65.9 Å². The molecule has 0 heterocycles. The Hall–Kier alpha value is -4.00. The van der Waals surface area contributed by atoms with Crippen LogP contribution in [0.5, 0.6) is 0 Å². The number of carboxylic acid groups (broad SMARTS) is 1. The lowest BCUT2D eigenvalue weighted by atomic mass is 9.88. The Morgan fingerprint density at radius 3 is 1.82 bits per heavy atom. The van der Waals surface area contributed by atoms with Crippen LogP contribution < -0.4 is 15.9 Å². The third-order valence-electron chi connectivity index (χ3n) is 6.87. The van der Waals surface area contributed by atoms with Crippen LogP contribution in [0.1, 0.15) is 16.7 Å². The lowest BCUT2D eigenvalue weighted by molar-refractivity contribution is -0.141. The van der Waals surface area contributed by atoms with Crippen molar-refractivity contribution in [3.8, 4) is 11.1 Å². The molecule has 5 rings (SSSR count). The molecule has 0 amide bonds. The van der Waals surface area contributed by atoms with E-state index in [1.54, 1.807) is 0 Å². The fourth-order valence-corrected chi connectivity index (χ4v) is 7.57. The van der Waals surface area contributed by atoms with Crippen molar-refractivity contribution in [3.05, 3.63) is 150 Å². The third-order valence-corrected chi connectivity index (χ3v) is 9.35. The van der Waals surface area contributed by atoms with Gasteiger partial charge in [0.2, 0.25) is 0 Å². The Labute approximate surface area is 226 Å². The van der Waals surface area contributed by atoms with Crippen LogP contribution in [0.15, 0.2) is 133 Å². The largest absolute Gasteiger partial charge is 0.481 e. The van der Waals surface area contributed by atoms with Gasteiger partial charge in [0, 0.05) is 0 Å². The maximum Gasteiger partial charge on any atom is 0.307 e. The molecule has 0 aliphatic heterocycles. The SMILES string of the molecule is Cc1ccc(-c2ccccc2CC(Cc2ccccc2)C(=O)O)c(P(c2ccccc2)c2ccccc2)c1. The molecule has 0 aliphatic carbocycles. The molecule has 0 saturated heterocycles. The van der Waals surface area contributed by atoms with Gasteiger partial charge in [-0.15, -0.1) is 0 Å². The van der Waals surface area contributed by atoms with Gasteiger partial charge in [-0.25, -0.2) is 0 Å². The third kappa shape index (κ3) is 5.93. The molecule has 1 unspecified atom stereocenters. The zero-order chi connectivity index (χ0) is 26.3. The van der Waals surface area contributed by atoms with Gasteiger partial charge in [0.1, 0.15) is 0 Å². The highest BCUT2D eigenvalue weighted by Gasteiger charge is 2.24. The van der Waals surface area contributed by atoms with Crippen molar-refractivity contribution in [1.82, 2.24) is 0 Å². The number of benzene rings is 5. The van der Waals surface area contributed by atoms with Gasteiger partial charge in [-0.2, -0.15) is 0 Å². The van der Waals surface area contributed by atoms with Crippen LogP contribution >= 0.6 is 7.92 Å². The molecular formula is C35H31O2P. The summed E-state index contributed by atoms with van der Waals surface area (Å²) >= 11 is 0. The number of aliphatic carboxylic acids is 1. The number of rotatable bonds is 9. The van der Waals surface area contributed by atoms with Crippen molar-refractivity contribution in [2.24, 2.45) is 5.92 Å². The maximum atomic E-state index is 12.3. The first-order valence-corrected chi connectivity index (χ1v) is 14.3. The Morgan fingerprint density at radius 1 is 0.658 bits per heavy atom. The van der Waals surface area contributed by atoms with Crippen LogP contribution in [0.4, 0.5) is 0 Å². The highest BCUT2D eigenvalue weighted by molar-refractivity contribution is 7.80.